The summed E-state index contributed by atoms with van der Waals surface area (Å²) in [7, 11) is 1.33. The van der Waals surface area contributed by atoms with Crippen LogP contribution in [0, 0.1) is 5.82 Å². The van der Waals surface area contributed by atoms with Crippen LogP contribution in [0.1, 0.15) is 22.2 Å². The Hall–Kier alpha value is -1.99. The molecule has 0 atom stereocenters. The van der Waals surface area contributed by atoms with Crippen LogP contribution in [-0.4, -0.2) is 18.2 Å². The van der Waals surface area contributed by atoms with Gasteiger partial charge in [0.05, 0.1) is 12.7 Å². The van der Waals surface area contributed by atoms with Gasteiger partial charge in [0, 0.05) is 10.6 Å². The number of esters is 1. The van der Waals surface area contributed by atoms with Gasteiger partial charge in [0.25, 0.3) is 0 Å². The van der Waals surface area contributed by atoms with E-state index in [1.165, 1.54) is 30.6 Å². The summed E-state index contributed by atoms with van der Waals surface area (Å²) in [4.78, 5) is 12.8. The molecule has 0 fully saturated rings. The first-order chi connectivity index (χ1) is 10.5. The fraction of sp³-hybridized carbons (Fsp3) is 0.200. The van der Waals surface area contributed by atoms with Gasteiger partial charge in [-0.2, -0.15) is 0 Å². The lowest BCUT2D eigenvalue weighted by Gasteiger charge is -2.10. The molecule has 0 aliphatic rings. The molecule has 4 nitrogen and oxygen atoms in total. The highest BCUT2D eigenvalue weighted by atomic mass is 32.1. The van der Waals surface area contributed by atoms with Crippen molar-refractivity contribution in [1.82, 2.24) is 0 Å². The van der Waals surface area contributed by atoms with Crippen molar-refractivity contribution in [2.75, 3.05) is 17.7 Å². The minimum Gasteiger partial charge on any atom is -0.465 e. The van der Waals surface area contributed by atoms with Crippen LogP contribution in [0.25, 0.3) is 0 Å². The molecule has 1 aromatic heterocycles. The van der Waals surface area contributed by atoms with Crippen LogP contribution in [0.3, 0.4) is 0 Å². The van der Waals surface area contributed by atoms with E-state index < -0.39 is 5.97 Å². The molecular weight excluding hydrogens is 323 g/mol. The minimum atomic E-state index is -0.424. The van der Waals surface area contributed by atoms with Crippen molar-refractivity contribution >= 4 is 45.3 Å². The standard InChI is InChI=1S/C15H15FN2O2S2/c1-3-11-8-12(14(19)20-2)13(22-11)18-15(21)17-10-6-4-5-9(16)7-10/h4-8H,3H2,1-2H3,(H2,17,18,21). The first-order valence-corrected chi connectivity index (χ1v) is 7.80. The molecular formula is C15H15FN2O2S2. The normalized spacial score (nSPS) is 10.1. The molecule has 0 saturated carbocycles. The number of thiophene rings is 1. The molecule has 0 spiro atoms. The largest absolute Gasteiger partial charge is 0.465 e. The molecule has 0 bridgehead atoms. The van der Waals surface area contributed by atoms with Gasteiger partial charge in [0.15, 0.2) is 5.11 Å². The zero-order chi connectivity index (χ0) is 16.1. The molecule has 0 saturated heterocycles. The number of ether oxygens (including phenoxy) is 1. The maximum absolute atomic E-state index is 13.1. The molecule has 7 heteroatoms. The summed E-state index contributed by atoms with van der Waals surface area (Å²) < 4.78 is 17.9. The highest BCUT2D eigenvalue weighted by Gasteiger charge is 2.17. The molecule has 0 unspecified atom stereocenters. The molecule has 2 N–H and O–H groups in total. The van der Waals surface area contributed by atoms with E-state index in [-0.39, 0.29) is 10.9 Å². The Morgan fingerprint density at radius 2 is 2.14 bits per heavy atom. The third kappa shape index (κ3) is 4.02. The van der Waals surface area contributed by atoms with Crippen molar-refractivity contribution in [3.05, 3.63) is 46.6 Å². The fourth-order valence-electron chi connectivity index (χ4n) is 1.80. The smallest absolute Gasteiger partial charge is 0.340 e. The summed E-state index contributed by atoms with van der Waals surface area (Å²) in [6, 6.07) is 7.75. The van der Waals surface area contributed by atoms with Crippen molar-refractivity contribution in [2.24, 2.45) is 0 Å². The van der Waals surface area contributed by atoms with E-state index in [1.807, 2.05) is 6.92 Å². The maximum atomic E-state index is 13.1. The molecule has 22 heavy (non-hydrogen) atoms. The average Bonchev–Trinajstić information content (AvgIpc) is 2.89. The maximum Gasteiger partial charge on any atom is 0.340 e. The van der Waals surface area contributed by atoms with Crippen LogP contribution >= 0.6 is 23.6 Å². The van der Waals surface area contributed by atoms with Gasteiger partial charge >= 0.3 is 5.97 Å². The highest BCUT2D eigenvalue weighted by molar-refractivity contribution is 7.80. The Morgan fingerprint density at radius 1 is 1.36 bits per heavy atom. The number of nitrogens with one attached hydrogen (secondary N) is 2. The Bertz CT molecular complexity index is 701. The number of thiocarbonyl (C=S) groups is 1. The highest BCUT2D eigenvalue weighted by Crippen LogP contribution is 2.29. The number of methoxy groups -OCH3 is 1. The molecule has 0 radical (unpaired) electrons. The van der Waals surface area contributed by atoms with Gasteiger partial charge in [-0.3, -0.25) is 0 Å². The van der Waals surface area contributed by atoms with E-state index in [1.54, 1.807) is 18.2 Å². The molecule has 1 heterocycles. The first kappa shape index (κ1) is 16.4. The molecule has 0 amide bonds. The topological polar surface area (TPSA) is 50.4 Å². The predicted molar refractivity (Wildman–Crippen MR) is 91.3 cm³/mol. The zero-order valence-electron chi connectivity index (χ0n) is 12.1. The van der Waals surface area contributed by atoms with Gasteiger partial charge in [-0.15, -0.1) is 11.3 Å². The van der Waals surface area contributed by atoms with E-state index in [9.17, 15) is 9.18 Å². The van der Waals surface area contributed by atoms with E-state index in [4.69, 9.17) is 17.0 Å². The third-order valence-corrected chi connectivity index (χ3v) is 4.25. The van der Waals surface area contributed by atoms with Crippen LogP contribution in [0.5, 0.6) is 0 Å². The van der Waals surface area contributed by atoms with Crippen molar-refractivity contribution < 1.29 is 13.9 Å². The second kappa shape index (κ2) is 7.33. The summed E-state index contributed by atoms with van der Waals surface area (Å²) in [5, 5.41) is 6.73. The van der Waals surface area contributed by atoms with Crippen molar-refractivity contribution in [2.45, 2.75) is 13.3 Å². The molecule has 1 aromatic carbocycles. The Balaban J connectivity index is 2.14. The van der Waals surface area contributed by atoms with Gasteiger partial charge in [0.2, 0.25) is 0 Å². The number of hydrogen-bond acceptors (Lipinski definition) is 4. The number of anilines is 2. The lowest BCUT2D eigenvalue weighted by molar-refractivity contribution is 0.0602. The van der Waals surface area contributed by atoms with Gasteiger partial charge in [-0.05, 0) is 42.9 Å². The molecule has 0 aliphatic carbocycles. The van der Waals surface area contributed by atoms with Crippen LogP contribution in [0.2, 0.25) is 0 Å². The Kier molecular flexibility index (Phi) is 5.46. The Morgan fingerprint density at radius 3 is 2.77 bits per heavy atom. The predicted octanol–water partition coefficient (Wildman–Crippen LogP) is 4.05. The summed E-state index contributed by atoms with van der Waals surface area (Å²) >= 11 is 6.63. The number of benzene rings is 1. The summed E-state index contributed by atoms with van der Waals surface area (Å²) in [6.07, 6.45) is 0.806. The van der Waals surface area contributed by atoms with E-state index in [0.29, 0.717) is 16.3 Å². The monoisotopic (exact) mass is 338 g/mol. The molecule has 0 aliphatic heterocycles. The number of hydrogen-bond donors (Lipinski definition) is 2. The average molecular weight is 338 g/mol. The Labute approximate surface area is 137 Å². The summed E-state index contributed by atoms with van der Waals surface area (Å²) in [5.41, 5.74) is 0.970. The van der Waals surface area contributed by atoms with Crippen LogP contribution in [0.4, 0.5) is 15.1 Å². The zero-order valence-corrected chi connectivity index (χ0v) is 13.7. The quantitative estimate of drug-likeness (QED) is 0.651. The van der Waals surface area contributed by atoms with Gasteiger partial charge in [-0.1, -0.05) is 13.0 Å². The second-order valence-corrected chi connectivity index (χ2v) is 5.94. The summed E-state index contributed by atoms with van der Waals surface area (Å²) in [5.74, 6) is -0.778. The number of aryl methyl sites for hydroxylation is 1. The number of carbonyl (C=O) groups excluding carboxylic acids is 1. The second-order valence-electron chi connectivity index (χ2n) is 4.39. The lowest BCUT2D eigenvalue weighted by atomic mass is 10.2. The third-order valence-electron chi connectivity index (χ3n) is 2.85. The number of halogens is 1. The van der Waals surface area contributed by atoms with Crippen molar-refractivity contribution in [1.29, 1.82) is 0 Å². The van der Waals surface area contributed by atoms with E-state index >= 15 is 0 Å². The fourth-order valence-corrected chi connectivity index (χ4v) is 3.08. The molecule has 2 aromatic rings. The van der Waals surface area contributed by atoms with Gasteiger partial charge < -0.3 is 15.4 Å². The number of carbonyl (C=O) groups is 1. The minimum absolute atomic E-state index is 0.278. The summed E-state index contributed by atoms with van der Waals surface area (Å²) in [6.45, 7) is 2.00. The first-order valence-electron chi connectivity index (χ1n) is 6.58. The van der Waals surface area contributed by atoms with Crippen molar-refractivity contribution in [3.63, 3.8) is 0 Å². The molecule has 2 rings (SSSR count). The van der Waals surface area contributed by atoms with Crippen LogP contribution < -0.4 is 10.6 Å². The molecule has 116 valence electrons. The lowest BCUT2D eigenvalue weighted by Crippen LogP contribution is -2.19. The van der Waals surface area contributed by atoms with Crippen molar-refractivity contribution in [3.8, 4) is 0 Å². The number of rotatable bonds is 4. The van der Waals surface area contributed by atoms with Crippen LogP contribution in [0.15, 0.2) is 30.3 Å². The van der Waals surface area contributed by atoms with Gasteiger partial charge in [-0.25, -0.2) is 9.18 Å². The SMILES string of the molecule is CCc1cc(C(=O)OC)c(NC(=S)Nc2cccc(F)c2)s1. The van der Waals surface area contributed by atoms with Gasteiger partial charge in [0.1, 0.15) is 10.8 Å². The van der Waals surface area contributed by atoms with E-state index in [0.717, 1.165) is 11.3 Å². The van der Waals surface area contributed by atoms with Crippen LogP contribution in [-0.2, 0) is 11.2 Å². The van der Waals surface area contributed by atoms with E-state index in [2.05, 4.69) is 10.6 Å².